The van der Waals surface area contributed by atoms with Crippen LogP contribution in [0.25, 0.3) is 0 Å². The van der Waals surface area contributed by atoms with Crippen LogP contribution in [0.15, 0.2) is 18.5 Å². The van der Waals surface area contributed by atoms with E-state index >= 15 is 0 Å². The van der Waals surface area contributed by atoms with Crippen LogP contribution in [-0.2, 0) is 6.54 Å². The molecule has 0 aromatic carbocycles. The predicted octanol–water partition coefficient (Wildman–Crippen LogP) is 1.27. The van der Waals surface area contributed by atoms with Gasteiger partial charge in [0.05, 0.1) is 6.20 Å². The van der Waals surface area contributed by atoms with Crippen LogP contribution >= 0.6 is 0 Å². The van der Waals surface area contributed by atoms with Crippen LogP contribution in [0.1, 0.15) is 18.4 Å². The summed E-state index contributed by atoms with van der Waals surface area (Å²) in [5.74, 6) is 0.894. The molecule has 4 nitrogen and oxygen atoms in total. The molecule has 4 heteroatoms. The van der Waals surface area contributed by atoms with Gasteiger partial charge in [-0.15, -0.1) is 0 Å². The summed E-state index contributed by atoms with van der Waals surface area (Å²) in [6, 6.07) is 2.79. The van der Waals surface area contributed by atoms with Crippen LogP contribution in [0.3, 0.4) is 0 Å². The minimum atomic E-state index is 0.732. The molecule has 1 fully saturated rings. The molecule has 1 heterocycles. The Bertz CT molecular complexity index is 352. The molecule has 0 spiro atoms. The summed E-state index contributed by atoms with van der Waals surface area (Å²) in [5.41, 5.74) is 1.16. The SMILES string of the molecule is CNCc1ccncc1OCCN(C)C1CC1. The molecular formula is C13H21N3O. The molecule has 0 unspecified atom stereocenters. The first-order valence-corrected chi connectivity index (χ1v) is 6.22. The quantitative estimate of drug-likeness (QED) is 0.772. The van der Waals surface area contributed by atoms with E-state index in [1.54, 1.807) is 12.4 Å². The van der Waals surface area contributed by atoms with Crippen molar-refractivity contribution in [2.75, 3.05) is 27.2 Å². The Hall–Kier alpha value is -1.13. The van der Waals surface area contributed by atoms with Gasteiger partial charge in [-0.25, -0.2) is 0 Å². The van der Waals surface area contributed by atoms with Gasteiger partial charge in [0.2, 0.25) is 0 Å². The average molecular weight is 235 g/mol. The second kappa shape index (κ2) is 5.98. The van der Waals surface area contributed by atoms with E-state index in [1.165, 1.54) is 12.8 Å². The molecular weight excluding hydrogens is 214 g/mol. The standard InChI is InChI=1S/C13H21N3O/c1-14-9-11-5-6-15-10-13(11)17-8-7-16(2)12-3-4-12/h5-6,10,12,14H,3-4,7-9H2,1-2H3. The smallest absolute Gasteiger partial charge is 0.142 e. The number of aromatic nitrogens is 1. The van der Waals surface area contributed by atoms with Gasteiger partial charge in [-0.1, -0.05) is 0 Å². The molecule has 0 bridgehead atoms. The topological polar surface area (TPSA) is 37.4 Å². The molecule has 94 valence electrons. The Morgan fingerprint density at radius 3 is 3.06 bits per heavy atom. The van der Waals surface area contributed by atoms with E-state index in [1.807, 2.05) is 13.1 Å². The monoisotopic (exact) mass is 235 g/mol. The lowest BCUT2D eigenvalue weighted by atomic mass is 10.2. The molecule has 0 atom stereocenters. The number of rotatable bonds is 7. The zero-order chi connectivity index (χ0) is 12.1. The molecule has 1 aliphatic carbocycles. The van der Waals surface area contributed by atoms with E-state index in [0.717, 1.165) is 37.1 Å². The molecule has 1 saturated carbocycles. The second-order valence-corrected chi connectivity index (χ2v) is 4.57. The van der Waals surface area contributed by atoms with Crippen LogP contribution in [0.5, 0.6) is 5.75 Å². The lowest BCUT2D eigenvalue weighted by molar-refractivity contribution is 0.230. The third-order valence-corrected chi connectivity index (χ3v) is 3.11. The van der Waals surface area contributed by atoms with E-state index in [-0.39, 0.29) is 0 Å². The minimum absolute atomic E-state index is 0.732. The Morgan fingerprint density at radius 1 is 1.53 bits per heavy atom. The normalized spacial score (nSPS) is 15.2. The van der Waals surface area contributed by atoms with Crippen LogP contribution < -0.4 is 10.1 Å². The zero-order valence-corrected chi connectivity index (χ0v) is 10.6. The first-order valence-electron chi connectivity index (χ1n) is 6.22. The summed E-state index contributed by atoms with van der Waals surface area (Å²) >= 11 is 0. The van der Waals surface area contributed by atoms with Gasteiger partial charge in [0.1, 0.15) is 12.4 Å². The highest BCUT2D eigenvalue weighted by Gasteiger charge is 2.25. The zero-order valence-electron chi connectivity index (χ0n) is 10.6. The fraction of sp³-hybridized carbons (Fsp3) is 0.615. The Labute approximate surface area is 103 Å². The molecule has 1 aromatic heterocycles. The largest absolute Gasteiger partial charge is 0.490 e. The summed E-state index contributed by atoms with van der Waals surface area (Å²) in [4.78, 5) is 6.48. The number of pyridine rings is 1. The van der Waals surface area contributed by atoms with Crippen molar-refractivity contribution >= 4 is 0 Å². The average Bonchev–Trinajstić information content (AvgIpc) is 3.15. The molecule has 17 heavy (non-hydrogen) atoms. The third kappa shape index (κ3) is 3.68. The fourth-order valence-corrected chi connectivity index (χ4v) is 1.87. The second-order valence-electron chi connectivity index (χ2n) is 4.57. The first-order chi connectivity index (χ1) is 8.31. The summed E-state index contributed by atoms with van der Waals surface area (Å²) in [7, 11) is 4.10. The molecule has 0 radical (unpaired) electrons. The highest BCUT2D eigenvalue weighted by atomic mass is 16.5. The van der Waals surface area contributed by atoms with Crippen LogP contribution in [0.4, 0.5) is 0 Å². The van der Waals surface area contributed by atoms with Gasteiger partial charge in [-0.3, -0.25) is 4.98 Å². The lowest BCUT2D eigenvalue weighted by Crippen LogP contribution is -2.26. The first kappa shape index (κ1) is 12.3. The maximum absolute atomic E-state index is 5.79. The number of nitrogens with zero attached hydrogens (tertiary/aromatic N) is 2. The van der Waals surface area contributed by atoms with Gasteiger partial charge < -0.3 is 15.0 Å². The van der Waals surface area contributed by atoms with Crippen molar-refractivity contribution in [2.45, 2.75) is 25.4 Å². The van der Waals surface area contributed by atoms with Crippen molar-refractivity contribution in [1.29, 1.82) is 0 Å². The highest BCUT2D eigenvalue weighted by molar-refractivity contribution is 5.29. The Kier molecular flexibility index (Phi) is 4.34. The Morgan fingerprint density at radius 2 is 2.35 bits per heavy atom. The minimum Gasteiger partial charge on any atom is -0.490 e. The van der Waals surface area contributed by atoms with Crippen LogP contribution in [0.2, 0.25) is 0 Å². The predicted molar refractivity (Wildman–Crippen MR) is 68.1 cm³/mol. The number of ether oxygens (including phenoxy) is 1. The molecule has 1 aromatic rings. The number of hydrogen-bond acceptors (Lipinski definition) is 4. The molecule has 2 rings (SSSR count). The molecule has 0 saturated heterocycles. The van der Waals surface area contributed by atoms with Crippen molar-refractivity contribution in [3.8, 4) is 5.75 Å². The van der Waals surface area contributed by atoms with Gasteiger partial charge in [0.25, 0.3) is 0 Å². The van der Waals surface area contributed by atoms with Crippen molar-refractivity contribution in [1.82, 2.24) is 15.2 Å². The Balaban J connectivity index is 1.80. The van der Waals surface area contributed by atoms with E-state index in [4.69, 9.17) is 4.74 Å². The van der Waals surface area contributed by atoms with Crippen LogP contribution in [0, 0.1) is 0 Å². The summed E-state index contributed by atoms with van der Waals surface area (Å²) in [6.45, 7) is 2.53. The maximum Gasteiger partial charge on any atom is 0.142 e. The van der Waals surface area contributed by atoms with Gasteiger partial charge in [-0.05, 0) is 33.0 Å². The van der Waals surface area contributed by atoms with E-state index in [9.17, 15) is 0 Å². The fourth-order valence-electron chi connectivity index (χ4n) is 1.87. The molecule has 0 amide bonds. The number of nitrogens with one attached hydrogen (secondary N) is 1. The molecule has 1 N–H and O–H groups in total. The lowest BCUT2D eigenvalue weighted by Gasteiger charge is -2.16. The number of hydrogen-bond donors (Lipinski definition) is 1. The van der Waals surface area contributed by atoms with Gasteiger partial charge in [0, 0.05) is 30.9 Å². The molecule has 1 aliphatic rings. The van der Waals surface area contributed by atoms with E-state index < -0.39 is 0 Å². The van der Waals surface area contributed by atoms with Crippen molar-refractivity contribution in [3.63, 3.8) is 0 Å². The van der Waals surface area contributed by atoms with Crippen LogP contribution in [-0.4, -0.2) is 43.2 Å². The summed E-state index contributed by atoms with van der Waals surface area (Å²) < 4.78 is 5.79. The highest BCUT2D eigenvalue weighted by Crippen LogP contribution is 2.25. The summed E-state index contributed by atoms with van der Waals surface area (Å²) in [5, 5.41) is 3.13. The van der Waals surface area contributed by atoms with E-state index in [2.05, 4.69) is 22.2 Å². The maximum atomic E-state index is 5.79. The van der Waals surface area contributed by atoms with Crippen molar-refractivity contribution in [2.24, 2.45) is 0 Å². The molecule has 0 aliphatic heterocycles. The van der Waals surface area contributed by atoms with Gasteiger partial charge in [-0.2, -0.15) is 0 Å². The van der Waals surface area contributed by atoms with E-state index in [0.29, 0.717) is 0 Å². The van der Waals surface area contributed by atoms with Gasteiger partial charge in [0.15, 0.2) is 0 Å². The third-order valence-electron chi connectivity index (χ3n) is 3.11. The van der Waals surface area contributed by atoms with Gasteiger partial charge >= 0.3 is 0 Å². The number of likely N-dealkylation sites (N-methyl/N-ethyl adjacent to an activating group) is 1. The van der Waals surface area contributed by atoms with Crippen molar-refractivity contribution in [3.05, 3.63) is 24.0 Å². The summed E-state index contributed by atoms with van der Waals surface area (Å²) in [6.07, 6.45) is 6.28. The van der Waals surface area contributed by atoms with Crippen molar-refractivity contribution < 1.29 is 4.74 Å².